The lowest BCUT2D eigenvalue weighted by Crippen LogP contribution is -2.64. The van der Waals surface area contributed by atoms with Crippen LogP contribution in [0.4, 0.5) is 0 Å². The van der Waals surface area contributed by atoms with Crippen LogP contribution in [0.15, 0.2) is 29.6 Å². The molecule has 40 heavy (non-hydrogen) atoms. The van der Waals surface area contributed by atoms with Gasteiger partial charge >= 0.3 is 0 Å². The molecule has 3 heterocycles. The molecule has 0 saturated heterocycles. The summed E-state index contributed by atoms with van der Waals surface area (Å²) < 4.78 is 20.8. The Hall–Kier alpha value is -3.20. The van der Waals surface area contributed by atoms with Crippen molar-refractivity contribution in [3.63, 3.8) is 0 Å². The fourth-order valence-corrected chi connectivity index (χ4v) is 6.81. The van der Waals surface area contributed by atoms with Gasteiger partial charge in [0, 0.05) is 12.6 Å². The fraction of sp³-hybridized carbons (Fsp3) is 0.548. The van der Waals surface area contributed by atoms with Gasteiger partial charge in [0.1, 0.15) is 11.2 Å². The molecule has 1 unspecified atom stereocenters. The molecule has 0 spiro atoms. The third-order valence-corrected chi connectivity index (χ3v) is 9.05. The molecule has 1 aliphatic carbocycles. The van der Waals surface area contributed by atoms with Crippen LogP contribution in [-0.4, -0.2) is 52.7 Å². The number of hydrogen-bond donors (Lipinski definition) is 1. The van der Waals surface area contributed by atoms with Crippen LogP contribution in [0, 0.1) is 5.92 Å². The van der Waals surface area contributed by atoms with Gasteiger partial charge in [-0.05, 0) is 94.5 Å². The van der Waals surface area contributed by atoms with Crippen LogP contribution in [0.1, 0.15) is 76.4 Å². The van der Waals surface area contributed by atoms with E-state index in [1.54, 1.807) is 16.2 Å². The minimum atomic E-state index is -1.09. The standard InChI is InChI=1S/C31H41N3O5S/c1-6-37-25-15-21(16-26(38-7-2)28(25)39-8-3)18-34-29(35)24-17-27-23(13-14-40-27)33(24)19-31(34,5)30(36)32-22-11-9-20(4)10-12-22/h13-17,20,22H,6-12,18-19H2,1-5H3,(H,32,36). The third-order valence-electron chi connectivity index (χ3n) is 8.20. The zero-order valence-electron chi connectivity index (χ0n) is 24.2. The number of hydrogen-bond acceptors (Lipinski definition) is 6. The Morgan fingerprint density at radius 3 is 2.30 bits per heavy atom. The average Bonchev–Trinajstić information content (AvgIpc) is 3.52. The smallest absolute Gasteiger partial charge is 0.271 e. The van der Waals surface area contributed by atoms with Gasteiger partial charge in [0.05, 0.1) is 36.6 Å². The van der Waals surface area contributed by atoms with Crippen LogP contribution in [0.2, 0.25) is 0 Å². The summed E-state index contributed by atoms with van der Waals surface area (Å²) in [7, 11) is 0. The van der Waals surface area contributed by atoms with E-state index in [1.165, 1.54) is 0 Å². The molecule has 5 rings (SSSR count). The predicted octanol–water partition coefficient (Wildman–Crippen LogP) is 6.01. The van der Waals surface area contributed by atoms with Crippen LogP contribution in [0.5, 0.6) is 17.2 Å². The summed E-state index contributed by atoms with van der Waals surface area (Å²) in [6, 6.07) is 7.91. The number of carbonyl (C=O) groups excluding carboxylic acids is 2. The third kappa shape index (κ3) is 5.28. The molecule has 0 radical (unpaired) electrons. The molecule has 216 valence electrons. The maximum absolute atomic E-state index is 14.2. The first-order valence-electron chi connectivity index (χ1n) is 14.5. The van der Waals surface area contributed by atoms with E-state index in [2.05, 4.69) is 12.2 Å². The normalized spacial score (nSPS) is 22.7. The van der Waals surface area contributed by atoms with Gasteiger partial charge < -0.3 is 29.0 Å². The molecule has 1 fully saturated rings. The van der Waals surface area contributed by atoms with E-state index in [4.69, 9.17) is 14.2 Å². The van der Waals surface area contributed by atoms with E-state index >= 15 is 0 Å². The molecule has 2 aliphatic rings. The SMILES string of the molecule is CCOc1cc(CN2C(=O)c3cc4sccc4n3CC2(C)C(=O)NC2CCC(C)CC2)cc(OCC)c1OCC. The number of rotatable bonds is 10. The summed E-state index contributed by atoms with van der Waals surface area (Å²) in [5.41, 5.74) is 1.34. The zero-order chi connectivity index (χ0) is 28.4. The van der Waals surface area contributed by atoms with Crippen molar-refractivity contribution in [1.82, 2.24) is 14.8 Å². The van der Waals surface area contributed by atoms with Crippen molar-refractivity contribution in [2.45, 2.75) is 85.0 Å². The molecule has 1 aliphatic heterocycles. The lowest BCUT2D eigenvalue weighted by atomic mass is 9.86. The number of amides is 2. The van der Waals surface area contributed by atoms with Crippen molar-refractivity contribution in [2.24, 2.45) is 5.92 Å². The lowest BCUT2D eigenvalue weighted by Gasteiger charge is -2.45. The van der Waals surface area contributed by atoms with Crippen LogP contribution >= 0.6 is 11.3 Å². The van der Waals surface area contributed by atoms with Gasteiger partial charge in [0.25, 0.3) is 5.91 Å². The van der Waals surface area contributed by atoms with Gasteiger partial charge in [-0.2, -0.15) is 0 Å². The molecule has 9 heteroatoms. The highest BCUT2D eigenvalue weighted by Crippen LogP contribution is 2.41. The van der Waals surface area contributed by atoms with E-state index in [1.807, 2.05) is 61.9 Å². The van der Waals surface area contributed by atoms with E-state index in [0.29, 0.717) is 55.2 Å². The monoisotopic (exact) mass is 567 g/mol. The van der Waals surface area contributed by atoms with E-state index in [9.17, 15) is 9.59 Å². The molecule has 0 bridgehead atoms. The van der Waals surface area contributed by atoms with Gasteiger partial charge in [-0.3, -0.25) is 9.59 Å². The lowest BCUT2D eigenvalue weighted by molar-refractivity contribution is -0.134. The molecular weight excluding hydrogens is 526 g/mol. The maximum Gasteiger partial charge on any atom is 0.271 e. The van der Waals surface area contributed by atoms with E-state index < -0.39 is 5.54 Å². The molecule has 1 atom stereocenters. The second-order valence-electron chi connectivity index (χ2n) is 11.1. The Bertz CT molecular complexity index is 1350. The zero-order valence-corrected chi connectivity index (χ0v) is 25.1. The van der Waals surface area contributed by atoms with Crippen molar-refractivity contribution >= 4 is 33.4 Å². The first-order chi connectivity index (χ1) is 19.3. The van der Waals surface area contributed by atoms with Crippen molar-refractivity contribution in [3.05, 3.63) is 40.9 Å². The Labute approximate surface area is 240 Å². The summed E-state index contributed by atoms with van der Waals surface area (Å²) in [6.07, 6.45) is 4.14. The Morgan fingerprint density at radius 2 is 1.68 bits per heavy atom. The summed E-state index contributed by atoms with van der Waals surface area (Å²) in [5, 5.41) is 5.35. The Morgan fingerprint density at radius 1 is 1.02 bits per heavy atom. The summed E-state index contributed by atoms with van der Waals surface area (Å²) in [4.78, 5) is 30.0. The van der Waals surface area contributed by atoms with E-state index in [0.717, 1.165) is 41.5 Å². The molecule has 3 aromatic rings. The minimum Gasteiger partial charge on any atom is -0.490 e. The highest BCUT2D eigenvalue weighted by molar-refractivity contribution is 7.17. The van der Waals surface area contributed by atoms with Gasteiger partial charge in [-0.1, -0.05) is 6.92 Å². The fourth-order valence-electron chi connectivity index (χ4n) is 5.98. The molecule has 1 saturated carbocycles. The second kappa shape index (κ2) is 11.7. The average molecular weight is 568 g/mol. The maximum atomic E-state index is 14.2. The number of benzene rings is 1. The Balaban J connectivity index is 1.54. The predicted molar refractivity (Wildman–Crippen MR) is 158 cm³/mol. The first kappa shape index (κ1) is 28.3. The quantitative estimate of drug-likeness (QED) is 0.325. The number of nitrogens with zero attached hydrogens (tertiary/aromatic N) is 2. The number of ether oxygens (including phenoxy) is 3. The molecule has 8 nitrogen and oxygen atoms in total. The largest absolute Gasteiger partial charge is 0.490 e. The van der Waals surface area contributed by atoms with Crippen LogP contribution in [-0.2, 0) is 17.9 Å². The summed E-state index contributed by atoms with van der Waals surface area (Å²) in [5.74, 6) is 2.12. The molecule has 1 N–H and O–H groups in total. The van der Waals surface area contributed by atoms with Gasteiger partial charge in [0.15, 0.2) is 11.5 Å². The molecule has 1 aromatic carbocycles. The van der Waals surface area contributed by atoms with Crippen LogP contribution in [0.3, 0.4) is 0 Å². The summed E-state index contributed by atoms with van der Waals surface area (Å²) >= 11 is 1.61. The highest BCUT2D eigenvalue weighted by atomic mass is 32.1. The number of fused-ring (bicyclic) bond motifs is 3. The first-order valence-corrected chi connectivity index (χ1v) is 15.4. The van der Waals surface area contributed by atoms with Crippen molar-refractivity contribution < 1.29 is 23.8 Å². The van der Waals surface area contributed by atoms with Crippen molar-refractivity contribution in [2.75, 3.05) is 19.8 Å². The number of nitrogens with one attached hydrogen (secondary N) is 1. The topological polar surface area (TPSA) is 82.0 Å². The van der Waals surface area contributed by atoms with E-state index in [-0.39, 0.29) is 24.4 Å². The van der Waals surface area contributed by atoms with Crippen molar-refractivity contribution in [3.8, 4) is 17.2 Å². The minimum absolute atomic E-state index is 0.107. The molecular formula is C31H41N3O5S. The molecule has 2 amide bonds. The van der Waals surface area contributed by atoms with Crippen molar-refractivity contribution in [1.29, 1.82) is 0 Å². The van der Waals surface area contributed by atoms with Gasteiger partial charge in [-0.25, -0.2) is 0 Å². The number of carbonyl (C=O) groups is 2. The van der Waals surface area contributed by atoms with Crippen LogP contribution < -0.4 is 19.5 Å². The summed E-state index contributed by atoms with van der Waals surface area (Å²) in [6.45, 7) is 11.9. The van der Waals surface area contributed by atoms with Gasteiger partial charge in [-0.15, -0.1) is 11.3 Å². The highest BCUT2D eigenvalue weighted by Gasteiger charge is 2.48. The van der Waals surface area contributed by atoms with Gasteiger partial charge in [0.2, 0.25) is 11.7 Å². The van der Waals surface area contributed by atoms with Crippen LogP contribution in [0.25, 0.3) is 10.2 Å². The molecule has 2 aromatic heterocycles. The Kier molecular flexibility index (Phi) is 8.31. The number of aromatic nitrogens is 1. The number of thiophene rings is 1. The second-order valence-corrected chi connectivity index (χ2v) is 12.0.